The van der Waals surface area contributed by atoms with Crippen molar-refractivity contribution in [2.45, 2.75) is 20.0 Å². The van der Waals surface area contributed by atoms with Crippen molar-refractivity contribution in [3.8, 4) is 0 Å². The summed E-state index contributed by atoms with van der Waals surface area (Å²) in [5.41, 5.74) is 1.96. The second kappa shape index (κ2) is 6.55. The lowest BCUT2D eigenvalue weighted by Gasteiger charge is -2.12. The van der Waals surface area contributed by atoms with E-state index in [1.54, 1.807) is 43.3 Å². The van der Waals surface area contributed by atoms with E-state index in [4.69, 9.17) is 16.3 Å². The van der Waals surface area contributed by atoms with Crippen LogP contribution in [0.4, 0.5) is 0 Å². The number of hydrogen-bond donors (Lipinski definition) is 0. The van der Waals surface area contributed by atoms with Crippen molar-refractivity contribution in [1.82, 2.24) is 0 Å². The Hall–Kier alpha value is -2.13. The average molecular weight is 303 g/mol. The third-order valence-corrected chi connectivity index (χ3v) is 3.32. The molecule has 0 aliphatic carbocycles. The lowest BCUT2D eigenvalue weighted by molar-refractivity contribution is 0.0319. The van der Waals surface area contributed by atoms with E-state index in [1.165, 1.54) is 0 Å². The van der Waals surface area contributed by atoms with Crippen molar-refractivity contribution >= 4 is 23.4 Å². The van der Waals surface area contributed by atoms with Crippen molar-refractivity contribution in [3.05, 3.63) is 70.2 Å². The quantitative estimate of drug-likeness (QED) is 0.631. The predicted molar refractivity (Wildman–Crippen MR) is 81.8 cm³/mol. The highest BCUT2D eigenvalue weighted by Gasteiger charge is 2.20. The molecule has 0 amide bonds. The Kier molecular flexibility index (Phi) is 4.76. The number of aryl methyl sites for hydroxylation is 1. The minimum absolute atomic E-state index is 0.225. The standard InChI is InChI=1S/C17H15ClO3/c1-11-3-5-13(6-4-11)16(19)12(2)21-17(20)14-7-9-15(18)10-8-14/h3-10,12H,1-2H3/t12-/m1/s1. The molecule has 2 aromatic rings. The first-order chi connectivity index (χ1) is 9.97. The molecule has 0 spiro atoms. The van der Waals surface area contributed by atoms with Crippen molar-refractivity contribution in [3.63, 3.8) is 0 Å². The number of esters is 1. The fraction of sp³-hybridized carbons (Fsp3) is 0.176. The number of hydrogen-bond acceptors (Lipinski definition) is 3. The zero-order valence-electron chi connectivity index (χ0n) is 11.8. The van der Waals surface area contributed by atoms with Crippen LogP contribution in [0, 0.1) is 6.92 Å². The normalized spacial score (nSPS) is 11.8. The Labute approximate surface area is 128 Å². The summed E-state index contributed by atoms with van der Waals surface area (Å²) in [7, 11) is 0. The molecule has 21 heavy (non-hydrogen) atoms. The molecule has 0 radical (unpaired) electrons. The van der Waals surface area contributed by atoms with Gasteiger partial charge in [0.05, 0.1) is 5.56 Å². The Morgan fingerprint density at radius 1 is 0.952 bits per heavy atom. The average Bonchev–Trinajstić information content (AvgIpc) is 2.47. The van der Waals surface area contributed by atoms with Crippen LogP contribution in [0.15, 0.2) is 48.5 Å². The number of rotatable bonds is 4. The Balaban J connectivity index is 2.05. The van der Waals surface area contributed by atoms with E-state index in [0.717, 1.165) is 5.56 Å². The Morgan fingerprint density at radius 3 is 2.05 bits per heavy atom. The van der Waals surface area contributed by atoms with E-state index in [-0.39, 0.29) is 5.78 Å². The number of Topliss-reactive ketones (excluding diaryl/α,β-unsaturated/α-hetero) is 1. The topological polar surface area (TPSA) is 43.4 Å². The van der Waals surface area contributed by atoms with Crippen LogP contribution in [0.5, 0.6) is 0 Å². The van der Waals surface area contributed by atoms with Crippen molar-refractivity contribution in [2.75, 3.05) is 0 Å². The molecule has 0 aliphatic heterocycles. The van der Waals surface area contributed by atoms with E-state index in [2.05, 4.69) is 0 Å². The third kappa shape index (κ3) is 3.92. The highest BCUT2D eigenvalue weighted by Crippen LogP contribution is 2.13. The summed E-state index contributed by atoms with van der Waals surface area (Å²) in [5.74, 6) is -0.767. The summed E-state index contributed by atoms with van der Waals surface area (Å²) in [5, 5.41) is 0.537. The van der Waals surface area contributed by atoms with Gasteiger partial charge in [0, 0.05) is 10.6 Å². The number of carbonyl (C=O) groups excluding carboxylic acids is 2. The van der Waals surface area contributed by atoms with Gasteiger partial charge < -0.3 is 4.74 Å². The molecule has 0 fully saturated rings. The van der Waals surface area contributed by atoms with E-state index in [1.807, 2.05) is 19.1 Å². The van der Waals surface area contributed by atoms with Crippen LogP contribution in [0.3, 0.4) is 0 Å². The van der Waals surface area contributed by atoms with Gasteiger partial charge in [-0.2, -0.15) is 0 Å². The molecule has 0 aliphatic rings. The fourth-order valence-electron chi connectivity index (χ4n) is 1.82. The molecule has 0 heterocycles. The zero-order chi connectivity index (χ0) is 15.4. The number of ketones is 1. The van der Waals surface area contributed by atoms with E-state index in [0.29, 0.717) is 16.1 Å². The minimum atomic E-state index is -0.837. The number of benzene rings is 2. The van der Waals surface area contributed by atoms with Crippen molar-refractivity contribution < 1.29 is 14.3 Å². The molecule has 0 bridgehead atoms. The van der Waals surface area contributed by atoms with Gasteiger partial charge >= 0.3 is 5.97 Å². The predicted octanol–water partition coefficient (Wildman–Crippen LogP) is 4.08. The maximum atomic E-state index is 12.2. The highest BCUT2D eigenvalue weighted by atomic mass is 35.5. The summed E-state index contributed by atoms with van der Waals surface area (Å²) in [6.45, 7) is 3.51. The van der Waals surface area contributed by atoms with E-state index >= 15 is 0 Å². The molecule has 0 N–H and O–H groups in total. The molecule has 108 valence electrons. The SMILES string of the molecule is Cc1ccc(C(=O)[C@@H](C)OC(=O)c2ccc(Cl)cc2)cc1. The second-order valence-electron chi connectivity index (χ2n) is 4.78. The summed E-state index contributed by atoms with van der Waals surface area (Å²) >= 11 is 5.76. The number of carbonyl (C=O) groups is 2. The van der Waals surface area contributed by atoms with Gasteiger partial charge in [-0.05, 0) is 38.1 Å². The van der Waals surface area contributed by atoms with Crippen LogP contribution < -0.4 is 0 Å². The second-order valence-corrected chi connectivity index (χ2v) is 5.22. The Morgan fingerprint density at radius 2 is 1.48 bits per heavy atom. The molecule has 0 aromatic heterocycles. The van der Waals surface area contributed by atoms with Crippen LogP contribution in [0.25, 0.3) is 0 Å². The van der Waals surface area contributed by atoms with Crippen LogP contribution in [-0.4, -0.2) is 17.9 Å². The van der Waals surface area contributed by atoms with Crippen LogP contribution >= 0.6 is 11.6 Å². The van der Waals surface area contributed by atoms with Gasteiger partial charge in [0.15, 0.2) is 6.10 Å². The summed E-state index contributed by atoms with van der Waals surface area (Å²) in [6, 6.07) is 13.5. The highest BCUT2D eigenvalue weighted by molar-refractivity contribution is 6.30. The first-order valence-corrected chi connectivity index (χ1v) is 6.92. The maximum absolute atomic E-state index is 12.2. The molecule has 2 aromatic carbocycles. The Bertz CT molecular complexity index is 645. The molecular formula is C17H15ClO3. The molecule has 2 rings (SSSR count). The summed E-state index contributed by atoms with van der Waals surface area (Å²) < 4.78 is 5.19. The molecule has 1 atom stereocenters. The molecule has 0 saturated heterocycles. The molecule has 4 heteroatoms. The van der Waals surface area contributed by atoms with Gasteiger partial charge in [0.1, 0.15) is 0 Å². The largest absolute Gasteiger partial charge is 0.451 e. The lowest BCUT2D eigenvalue weighted by Crippen LogP contribution is -2.24. The monoisotopic (exact) mass is 302 g/mol. The first kappa shape index (κ1) is 15.3. The van der Waals surface area contributed by atoms with Gasteiger partial charge in [-0.1, -0.05) is 41.4 Å². The zero-order valence-corrected chi connectivity index (χ0v) is 12.6. The minimum Gasteiger partial charge on any atom is -0.451 e. The first-order valence-electron chi connectivity index (χ1n) is 6.55. The van der Waals surface area contributed by atoms with Crippen LogP contribution in [-0.2, 0) is 4.74 Å². The van der Waals surface area contributed by atoms with Crippen molar-refractivity contribution in [1.29, 1.82) is 0 Å². The van der Waals surface area contributed by atoms with Gasteiger partial charge in [-0.15, -0.1) is 0 Å². The number of ether oxygens (including phenoxy) is 1. The summed E-state index contributed by atoms with van der Waals surface area (Å²) in [4.78, 5) is 24.1. The molecular weight excluding hydrogens is 288 g/mol. The maximum Gasteiger partial charge on any atom is 0.338 e. The van der Waals surface area contributed by atoms with Crippen LogP contribution in [0.1, 0.15) is 33.2 Å². The summed E-state index contributed by atoms with van der Waals surface area (Å²) in [6.07, 6.45) is -0.837. The third-order valence-electron chi connectivity index (χ3n) is 3.07. The van der Waals surface area contributed by atoms with Gasteiger partial charge in [-0.25, -0.2) is 4.79 Å². The van der Waals surface area contributed by atoms with Crippen molar-refractivity contribution in [2.24, 2.45) is 0 Å². The van der Waals surface area contributed by atoms with Gasteiger partial charge in [0.25, 0.3) is 0 Å². The lowest BCUT2D eigenvalue weighted by atomic mass is 10.1. The molecule has 3 nitrogen and oxygen atoms in total. The molecule has 0 saturated carbocycles. The van der Waals surface area contributed by atoms with Gasteiger partial charge in [-0.3, -0.25) is 4.79 Å². The van der Waals surface area contributed by atoms with E-state index < -0.39 is 12.1 Å². The van der Waals surface area contributed by atoms with Gasteiger partial charge in [0.2, 0.25) is 5.78 Å². The smallest absolute Gasteiger partial charge is 0.338 e. The number of halogens is 1. The fourth-order valence-corrected chi connectivity index (χ4v) is 1.95. The molecule has 0 unspecified atom stereocenters. The van der Waals surface area contributed by atoms with E-state index in [9.17, 15) is 9.59 Å². The van der Waals surface area contributed by atoms with Crippen LogP contribution in [0.2, 0.25) is 5.02 Å².